The molecule has 1 aromatic rings. The third-order valence-corrected chi connectivity index (χ3v) is 4.33. The van der Waals surface area contributed by atoms with Crippen molar-refractivity contribution in [1.82, 2.24) is 5.32 Å². The number of ether oxygens (including phenoxy) is 1. The fourth-order valence-electron chi connectivity index (χ4n) is 1.41. The van der Waals surface area contributed by atoms with Gasteiger partial charge in [-0.15, -0.1) is 0 Å². The predicted octanol–water partition coefficient (Wildman–Crippen LogP) is 2.72. The van der Waals surface area contributed by atoms with Crippen LogP contribution in [0.1, 0.15) is 12.5 Å². The van der Waals surface area contributed by atoms with Gasteiger partial charge in [0.2, 0.25) is 0 Å². The fraction of sp³-hybridized carbons (Fsp3) is 0.462. The highest BCUT2D eigenvalue weighted by atomic mass is 35.5. The zero-order chi connectivity index (χ0) is 13.6. The standard InChI is InChI=1S/C13H18ClNO2S/c1-13(15-2,12(16)17-3)9-18-8-10-4-6-11(14)7-5-10/h4-7,15H,8-9H2,1-3H3. The maximum absolute atomic E-state index is 11.6. The second kappa shape index (κ2) is 7.02. The monoisotopic (exact) mass is 287 g/mol. The molecule has 1 N–H and O–H groups in total. The van der Waals surface area contributed by atoms with E-state index in [0.717, 1.165) is 10.8 Å². The number of nitrogens with one attached hydrogen (secondary N) is 1. The zero-order valence-electron chi connectivity index (χ0n) is 10.8. The van der Waals surface area contributed by atoms with Gasteiger partial charge in [0.15, 0.2) is 0 Å². The first kappa shape index (κ1) is 15.3. The van der Waals surface area contributed by atoms with Crippen molar-refractivity contribution in [3.63, 3.8) is 0 Å². The number of hydrogen-bond donors (Lipinski definition) is 1. The lowest BCUT2D eigenvalue weighted by Crippen LogP contribution is -2.50. The molecule has 0 fully saturated rings. The van der Waals surface area contributed by atoms with Crippen molar-refractivity contribution in [2.45, 2.75) is 18.2 Å². The van der Waals surface area contributed by atoms with E-state index in [1.165, 1.54) is 12.7 Å². The number of methoxy groups -OCH3 is 1. The van der Waals surface area contributed by atoms with Crippen LogP contribution in [0.4, 0.5) is 0 Å². The van der Waals surface area contributed by atoms with Crippen molar-refractivity contribution in [3.8, 4) is 0 Å². The number of carbonyl (C=O) groups is 1. The van der Waals surface area contributed by atoms with Crippen molar-refractivity contribution in [1.29, 1.82) is 0 Å². The van der Waals surface area contributed by atoms with Gasteiger partial charge in [-0.2, -0.15) is 11.8 Å². The van der Waals surface area contributed by atoms with Gasteiger partial charge < -0.3 is 10.1 Å². The van der Waals surface area contributed by atoms with Gasteiger partial charge in [0.1, 0.15) is 5.54 Å². The lowest BCUT2D eigenvalue weighted by Gasteiger charge is -2.25. The first-order chi connectivity index (χ1) is 8.51. The molecule has 1 aromatic carbocycles. The van der Waals surface area contributed by atoms with Crippen LogP contribution in [0.5, 0.6) is 0 Å². The van der Waals surface area contributed by atoms with Gasteiger partial charge in [0, 0.05) is 16.5 Å². The summed E-state index contributed by atoms with van der Waals surface area (Å²) < 4.78 is 4.79. The second-order valence-electron chi connectivity index (χ2n) is 4.19. The average Bonchev–Trinajstić information content (AvgIpc) is 2.39. The summed E-state index contributed by atoms with van der Waals surface area (Å²) in [6.45, 7) is 1.84. The highest BCUT2D eigenvalue weighted by Gasteiger charge is 2.32. The van der Waals surface area contributed by atoms with E-state index in [9.17, 15) is 4.79 Å². The fourth-order valence-corrected chi connectivity index (χ4v) is 2.74. The molecule has 0 saturated heterocycles. The molecule has 5 heteroatoms. The number of rotatable bonds is 6. The lowest BCUT2D eigenvalue weighted by atomic mass is 10.1. The molecule has 1 atom stereocenters. The third-order valence-electron chi connectivity index (χ3n) is 2.76. The summed E-state index contributed by atoms with van der Waals surface area (Å²) in [6, 6.07) is 7.72. The van der Waals surface area contributed by atoms with Crippen LogP contribution in [-0.4, -0.2) is 31.4 Å². The SMILES string of the molecule is CNC(C)(CSCc1ccc(Cl)cc1)C(=O)OC. The Kier molecular flexibility index (Phi) is 5.99. The van der Waals surface area contributed by atoms with Gasteiger partial charge in [-0.25, -0.2) is 0 Å². The Balaban J connectivity index is 2.49. The Bertz CT molecular complexity index is 396. The molecule has 0 saturated carbocycles. The topological polar surface area (TPSA) is 38.3 Å². The van der Waals surface area contributed by atoms with Crippen molar-refractivity contribution in [2.75, 3.05) is 19.9 Å². The molecular weight excluding hydrogens is 270 g/mol. The number of esters is 1. The number of carbonyl (C=O) groups excluding carboxylic acids is 1. The molecule has 0 aliphatic heterocycles. The smallest absolute Gasteiger partial charge is 0.326 e. The Morgan fingerprint density at radius 2 is 2.06 bits per heavy atom. The van der Waals surface area contributed by atoms with E-state index in [-0.39, 0.29) is 5.97 Å². The molecule has 0 amide bonds. The Hall–Kier alpha value is -0.710. The minimum absolute atomic E-state index is 0.242. The quantitative estimate of drug-likeness (QED) is 0.817. The van der Waals surface area contributed by atoms with Crippen molar-refractivity contribution >= 4 is 29.3 Å². The lowest BCUT2D eigenvalue weighted by molar-refractivity contribution is -0.146. The molecule has 100 valence electrons. The van der Waals surface area contributed by atoms with Gasteiger partial charge in [-0.1, -0.05) is 23.7 Å². The summed E-state index contributed by atoms with van der Waals surface area (Å²) in [5.74, 6) is 1.25. The normalized spacial score (nSPS) is 14.0. The van der Waals surface area contributed by atoms with Crippen LogP contribution in [0.2, 0.25) is 5.02 Å². The van der Waals surface area contributed by atoms with E-state index >= 15 is 0 Å². The van der Waals surface area contributed by atoms with E-state index in [0.29, 0.717) is 5.75 Å². The number of hydrogen-bond acceptors (Lipinski definition) is 4. The van der Waals surface area contributed by atoms with Gasteiger partial charge in [0.25, 0.3) is 0 Å². The molecule has 18 heavy (non-hydrogen) atoms. The number of benzene rings is 1. The average molecular weight is 288 g/mol. The molecule has 1 rings (SSSR count). The van der Waals surface area contributed by atoms with E-state index in [2.05, 4.69) is 5.32 Å². The highest BCUT2D eigenvalue weighted by Crippen LogP contribution is 2.20. The zero-order valence-corrected chi connectivity index (χ0v) is 12.4. The molecule has 0 radical (unpaired) electrons. The largest absolute Gasteiger partial charge is 0.468 e. The van der Waals surface area contributed by atoms with Gasteiger partial charge >= 0.3 is 5.97 Å². The number of thioether (sulfide) groups is 1. The summed E-state index contributed by atoms with van der Waals surface area (Å²) in [5.41, 5.74) is 0.541. The first-order valence-electron chi connectivity index (χ1n) is 5.61. The van der Waals surface area contributed by atoms with Crippen LogP contribution in [0.25, 0.3) is 0 Å². The summed E-state index contributed by atoms with van der Waals surface area (Å²) in [5, 5.41) is 3.74. The van der Waals surface area contributed by atoms with Gasteiger partial charge in [0.05, 0.1) is 7.11 Å². The van der Waals surface area contributed by atoms with Crippen LogP contribution >= 0.6 is 23.4 Å². The molecule has 0 spiro atoms. The highest BCUT2D eigenvalue weighted by molar-refractivity contribution is 7.98. The maximum atomic E-state index is 11.6. The Morgan fingerprint density at radius 3 is 2.56 bits per heavy atom. The summed E-state index contributed by atoms with van der Waals surface area (Å²) in [4.78, 5) is 11.6. The molecular formula is C13H18ClNO2S. The van der Waals surface area contributed by atoms with Gasteiger partial charge in [-0.3, -0.25) is 4.79 Å². The third kappa shape index (κ3) is 4.19. The molecule has 1 unspecified atom stereocenters. The van der Waals surface area contributed by atoms with E-state index in [1.54, 1.807) is 18.8 Å². The van der Waals surface area contributed by atoms with Crippen molar-refractivity contribution in [3.05, 3.63) is 34.9 Å². The van der Waals surface area contributed by atoms with Crippen molar-refractivity contribution in [2.24, 2.45) is 0 Å². The molecule has 0 heterocycles. The van der Waals surface area contributed by atoms with E-state index in [1.807, 2.05) is 31.2 Å². The summed E-state index contributed by atoms with van der Waals surface area (Å²) in [6.07, 6.45) is 0. The minimum atomic E-state index is -0.647. The number of halogens is 1. The predicted molar refractivity (Wildman–Crippen MR) is 77.1 cm³/mol. The van der Waals surface area contributed by atoms with E-state index < -0.39 is 5.54 Å². The molecule has 0 bridgehead atoms. The van der Waals surface area contributed by atoms with Crippen LogP contribution in [-0.2, 0) is 15.3 Å². The van der Waals surface area contributed by atoms with Crippen LogP contribution in [0.3, 0.4) is 0 Å². The molecule has 0 aliphatic rings. The van der Waals surface area contributed by atoms with Crippen LogP contribution in [0, 0.1) is 0 Å². The summed E-state index contributed by atoms with van der Waals surface area (Å²) >= 11 is 7.50. The Morgan fingerprint density at radius 1 is 1.44 bits per heavy atom. The van der Waals surface area contributed by atoms with E-state index in [4.69, 9.17) is 16.3 Å². The number of likely N-dealkylation sites (N-methyl/N-ethyl adjacent to an activating group) is 1. The Labute approximate surface area is 117 Å². The molecule has 0 aromatic heterocycles. The maximum Gasteiger partial charge on any atom is 0.326 e. The van der Waals surface area contributed by atoms with Crippen LogP contribution < -0.4 is 5.32 Å². The first-order valence-corrected chi connectivity index (χ1v) is 7.14. The van der Waals surface area contributed by atoms with Gasteiger partial charge in [-0.05, 0) is 31.7 Å². The molecule has 3 nitrogen and oxygen atoms in total. The minimum Gasteiger partial charge on any atom is -0.468 e. The van der Waals surface area contributed by atoms with Crippen molar-refractivity contribution < 1.29 is 9.53 Å². The second-order valence-corrected chi connectivity index (χ2v) is 5.61. The summed E-state index contributed by atoms with van der Waals surface area (Å²) in [7, 11) is 3.17. The van der Waals surface area contributed by atoms with Crippen LogP contribution in [0.15, 0.2) is 24.3 Å². The molecule has 0 aliphatic carbocycles.